The first kappa shape index (κ1) is 18.9. The molecule has 20 heavy (non-hydrogen) atoms. The van der Waals surface area contributed by atoms with E-state index in [9.17, 15) is 9.59 Å². The number of hydrogen-bond acceptors (Lipinski definition) is 5. The molecule has 0 saturated heterocycles. The Kier molecular flexibility index (Phi) is 8.41. The zero-order valence-electron chi connectivity index (χ0n) is 13.3. The number of carbonyl (C=O) groups is 2. The highest BCUT2D eigenvalue weighted by atomic mass is 16.5. The highest BCUT2D eigenvalue weighted by Crippen LogP contribution is 2.20. The van der Waals surface area contributed by atoms with Gasteiger partial charge in [-0.3, -0.25) is 9.59 Å². The number of methoxy groups -OCH3 is 1. The Morgan fingerprint density at radius 2 is 1.90 bits per heavy atom. The summed E-state index contributed by atoms with van der Waals surface area (Å²) in [4.78, 5) is 25.2. The molecule has 118 valence electrons. The predicted octanol–water partition coefficient (Wildman–Crippen LogP) is 0.788. The normalized spacial score (nSPS) is 12.9. The van der Waals surface area contributed by atoms with E-state index < -0.39 is 5.97 Å². The third kappa shape index (κ3) is 7.45. The van der Waals surface area contributed by atoms with Crippen LogP contribution in [0.15, 0.2) is 0 Å². The molecule has 1 amide bonds. The van der Waals surface area contributed by atoms with Crippen molar-refractivity contribution in [2.24, 2.45) is 11.1 Å². The molecule has 0 aliphatic heterocycles. The van der Waals surface area contributed by atoms with E-state index in [0.29, 0.717) is 19.8 Å². The van der Waals surface area contributed by atoms with Crippen LogP contribution in [0.2, 0.25) is 0 Å². The first-order valence-electron chi connectivity index (χ1n) is 6.90. The van der Waals surface area contributed by atoms with Gasteiger partial charge in [0.1, 0.15) is 6.54 Å². The molecule has 0 fully saturated rings. The van der Waals surface area contributed by atoms with Crippen molar-refractivity contribution in [3.05, 3.63) is 0 Å². The first-order valence-corrected chi connectivity index (χ1v) is 6.90. The van der Waals surface area contributed by atoms with E-state index in [1.54, 1.807) is 14.0 Å². The van der Waals surface area contributed by atoms with Gasteiger partial charge in [0.15, 0.2) is 0 Å². The number of carbonyl (C=O) groups excluding carboxylic acids is 2. The summed E-state index contributed by atoms with van der Waals surface area (Å²) in [6, 6.07) is -0.262. The predicted molar refractivity (Wildman–Crippen MR) is 77.1 cm³/mol. The maximum Gasteiger partial charge on any atom is 0.325 e. The molecule has 0 aliphatic carbocycles. The van der Waals surface area contributed by atoms with Crippen LogP contribution >= 0.6 is 0 Å². The van der Waals surface area contributed by atoms with Crippen LogP contribution in [0.4, 0.5) is 0 Å². The molecule has 6 nitrogen and oxygen atoms in total. The molecule has 1 atom stereocenters. The molecular weight excluding hydrogens is 260 g/mol. The van der Waals surface area contributed by atoms with Crippen LogP contribution in [0.5, 0.6) is 0 Å². The van der Waals surface area contributed by atoms with E-state index in [4.69, 9.17) is 15.2 Å². The summed E-state index contributed by atoms with van der Waals surface area (Å²) in [5.74, 6) is -0.571. The van der Waals surface area contributed by atoms with Gasteiger partial charge in [-0.15, -0.1) is 0 Å². The van der Waals surface area contributed by atoms with Crippen LogP contribution in [0, 0.1) is 5.41 Å². The van der Waals surface area contributed by atoms with E-state index in [-0.39, 0.29) is 30.3 Å². The molecule has 6 heteroatoms. The Morgan fingerprint density at radius 3 is 2.35 bits per heavy atom. The van der Waals surface area contributed by atoms with Gasteiger partial charge in [0, 0.05) is 26.1 Å². The first-order chi connectivity index (χ1) is 9.22. The zero-order valence-corrected chi connectivity index (χ0v) is 13.3. The molecule has 0 radical (unpaired) electrons. The van der Waals surface area contributed by atoms with Crippen LogP contribution < -0.4 is 5.73 Å². The fourth-order valence-corrected chi connectivity index (χ4v) is 1.48. The fraction of sp³-hybridized carbons (Fsp3) is 0.857. The second-order valence-electron chi connectivity index (χ2n) is 5.79. The van der Waals surface area contributed by atoms with Gasteiger partial charge in [0.25, 0.3) is 0 Å². The number of ether oxygens (including phenoxy) is 2. The number of esters is 1. The minimum Gasteiger partial charge on any atom is -0.465 e. The molecular formula is C14H28N2O4. The van der Waals surface area contributed by atoms with Crippen LogP contribution in [-0.2, 0) is 19.1 Å². The molecule has 0 heterocycles. The lowest BCUT2D eigenvalue weighted by molar-refractivity contribution is -0.149. The van der Waals surface area contributed by atoms with Crippen LogP contribution in [-0.4, -0.2) is 56.2 Å². The molecule has 0 bridgehead atoms. The SMILES string of the molecule is CCOC(=O)CN(CCOC)C(=O)CC(N)C(C)(C)C. The van der Waals surface area contributed by atoms with E-state index >= 15 is 0 Å². The summed E-state index contributed by atoms with van der Waals surface area (Å²) in [7, 11) is 1.55. The van der Waals surface area contributed by atoms with Crippen molar-refractivity contribution in [1.82, 2.24) is 4.90 Å². The Labute approximate surface area is 121 Å². The quantitative estimate of drug-likeness (QED) is 0.668. The zero-order chi connectivity index (χ0) is 15.8. The minimum atomic E-state index is -0.415. The third-order valence-corrected chi connectivity index (χ3v) is 3.05. The largest absolute Gasteiger partial charge is 0.465 e. The van der Waals surface area contributed by atoms with Crippen LogP contribution in [0.25, 0.3) is 0 Å². The molecule has 0 saturated carbocycles. The molecule has 0 aliphatic rings. The Balaban J connectivity index is 4.59. The van der Waals surface area contributed by atoms with Crippen LogP contribution in [0.1, 0.15) is 34.1 Å². The van der Waals surface area contributed by atoms with Crippen molar-refractivity contribution in [1.29, 1.82) is 0 Å². The van der Waals surface area contributed by atoms with Gasteiger partial charge in [-0.25, -0.2) is 0 Å². The standard InChI is InChI=1S/C14H28N2O4/c1-6-20-13(18)10-16(7-8-19-5)12(17)9-11(15)14(2,3)4/h11H,6-10,15H2,1-5H3. The Bertz CT molecular complexity index is 313. The number of rotatable bonds is 8. The Hall–Kier alpha value is -1.14. The smallest absolute Gasteiger partial charge is 0.325 e. The van der Waals surface area contributed by atoms with Gasteiger partial charge >= 0.3 is 5.97 Å². The summed E-state index contributed by atoms with van der Waals surface area (Å²) in [5, 5.41) is 0. The van der Waals surface area contributed by atoms with Crippen molar-refractivity contribution in [3.8, 4) is 0 Å². The fourth-order valence-electron chi connectivity index (χ4n) is 1.48. The number of nitrogens with two attached hydrogens (primary N) is 1. The number of nitrogens with zero attached hydrogens (tertiary/aromatic N) is 1. The molecule has 0 spiro atoms. The maximum absolute atomic E-state index is 12.2. The summed E-state index contributed by atoms with van der Waals surface area (Å²) in [6.07, 6.45) is 0.201. The number of amides is 1. The van der Waals surface area contributed by atoms with Gasteiger partial charge in [-0.2, -0.15) is 0 Å². The van der Waals surface area contributed by atoms with Crippen molar-refractivity contribution in [2.75, 3.05) is 33.4 Å². The van der Waals surface area contributed by atoms with Crippen molar-refractivity contribution >= 4 is 11.9 Å². The highest BCUT2D eigenvalue weighted by Gasteiger charge is 2.26. The summed E-state index contributed by atoms with van der Waals surface area (Å²) in [5.41, 5.74) is 5.85. The molecule has 0 aromatic rings. The van der Waals surface area contributed by atoms with Gasteiger partial charge in [-0.05, 0) is 12.3 Å². The van der Waals surface area contributed by atoms with E-state index in [2.05, 4.69) is 0 Å². The van der Waals surface area contributed by atoms with E-state index in [0.717, 1.165) is 0 Å². The average molecular weight is 288 g/mol. The number of hydrogen-bond donors (Lipinski definition) is 1. The second kappa shape index (κ2) is 8.92. The second-order valence-corrected chi connectivity index (χ2v) is 5.79. The van der Waals surface area contributed by atoms with Crippen LogP contribution in [0.3, 0.4) is 0 Å². The molecule has 1 unspecified atom stereocenters. The van der Waals surface area contributed by atoms with Crippen molar-refractivity contribution < 1.29 is 19.1 Å². The molecule has 0 aromatic carbocycles. The Morgan fingerprint density at radius 1 is 1.30 bits per heavy atom. The van der Waals surface area contributed by atoms with Crippen molar-refractivity contribution in [3.63, 3.8) is 0 Å². The summed E-state index contributed by atoms with van der Waals surface area (Å²) < 4.78 is 9.83. The third-order valence-electron chi connectivity index (χ3n) is 3.05. The summed E-state index contributed by atoms with van der Waals surface area (Å²) >= 11 is 0. The maximum atomic E-state index is 12.2. The highest BCUT2D eigenvalue weighted by molar-refractivity contribution is 5.82. The van der Waals surface area contributed by atoms with E-state index in [1.165, 1.54) is 4.90 Å². The minimum absolute atomic E-state index is 0.0626. The lowest BCUT2D eigenvalue weighted by atomic mass is 9.85. The van der Waals surface area contributed by atoms with Crippen molar-refractivity contribution in [2.45, 2.75) is 40.2 Å². The van der Waals surface area contributed by atoms with Gasteiger partial charge in [-0.1, -0.05) is 20.8 Å². The monoisotopic (exact) mass is 288 g/mol. The van der Waals surface area contributed by atoms with Gasteiger partial charge < -0.3 is 20.1 Å². The van der Waals surface area contributed by atoms with Gasteiger partial charge in [0.2, 0.25) is 5.91 Å². The molecule has 2 N–H and O–H groups in total. The topological polar surface area (TPSA) is 81.9 Å². The van der Waals surface area contributed by atoms with Gasteiger partial charge in [0.05, 0.1) is 13.2 Å². The van der Waals surface area contributed by atoms with E-state index in [1.807, 2.05) is 20.8 Å². The molecule has 0 rings (SSSR count). The lowest BCUT2D eigenvalue weighted by Gasteiger charge is -2.29. The summed E-state index contributed by atoms with van der Waals surface area (Å²) in [6.45, 7) is 8.64. The lowest BCUT2D eigenvalue weighted by Crippen LogP contribution is -2.44. The average Bonchev–Trinajstić information content (AvgIpc) is 2.33. The molecule has 0 aromatic heterocycles.